The van der Waals surface area contributed by atoms with Crippen molar-refractivity contribution in [2.24, 2.45) is 0 Å². The van der Waals surface area contributed by atoms with Gasteiger partial charge in [0.1, 0.15) is 5.57 Å². The third-order valence-corrected chi connectivity index (χ3v) is 6.41. The Kier molecular flexibility index (Phi) is 6.04. The lowest BCUT2D eigenvalue weighted by molar-refractivity contribution is -0.385. The van der Waals surface area contributed by atoms with E-state index in [0.717, 1.165) is 10.6 Å². The minimum absolute atomic E-state index is 0.0113. The molecule has 0 bridgehead atoms. The van der Waals surface area contributed by atoms with Crippen molar-refractivity contribution in [2.45, 2.75) is 27.7 Å². The predicted octanol–water partition coefficient (Wildman–Crippen LogP) is 4.94. The molecule has 1 fully saturated rings. The third-order valence-electron chi connectivity index (χ3n) is 6.00. The van der Waals surface area contributed by atoms with Crippen molar-refractivity contribution in [3.8, 4) is 5.69 Å². The molecule has 10 heteroatoms. The van der Waals surface area contributed by atoms with Crippen LogP contribution >= 0.6 is 11.6 Å². The number of nitro benzene ring substituents is 1. The first kappa shape index (κ1) is 23.9. The molecule has 0 saturated carbocycles. The number of nitro groups is 1. The molecule has 0 atom stereocenters. The van der Waals surface area contributed by atoms with Gasteiger partial charge in [-0.25, -0.2) is 9.69 Å². The lowest BCUT2D eigenvalue weighted by Crippen LogP contribution is -2.54. The van der Waals surface area contributed by atoms with E-state index in [-0.39, 0.29) is 16.9 Å². The summed E-state index contributed by atoms with van der Waals surface area (Å²) < 4.78 is 1.80. The molecule has 4 rings (SSSR count). The van der Waals surface area contributed by atoms with Crippen LogP contribution in [0, 0.1) is 37.8 Å². The molecule has 2 aromatic carbocycles. The molecule has 1 saturated heterocycles. The van der Waals surface area contributed by atoms with Gasteiger partial charge in [-0.2, -0.15) is 0 Å². The number of anilines is 1. The number of carbonyl (C=O) groups is 3. The highest BCUT2D eigenvalue weighted by Gasteiger charge is 2.37. The third kappa shape index (κ3) is 4.10. The number of nitrogens with zero attached hydrogens (tertiary/aromatic N) is 3. The summed E-state index contributed by atoms with van der Waals surface area (Å²) in [6.07, 6.45) is 1.42. The number of carbonyl (C=O) groups excluding carboxylic acids is 3. The Hall–Kier alpha value is -4.24. The summed E-state index contributed by atoms with van der Waals surface area (Å²) >= 11 is 6.17. The summed E-state index contributed by atoms with van der Waals surface area (Å²) in [4.78, 5) is 50.3. The number of barbiturate groups is 1. The van der Waals surface area contributed by atoms with Gasteiger partial charge in [0.05, 0.1) is 16.3 Å². The first-order valence-corrected chi connectivity index (χ1v) is 11.0. The zero-order valence-corrected chi connectivity index (χ0v) is 20.1. The van der Waals surface area contributed by atoms with Gasteiger partial charge in [-0.15, -0.1) is 0 Å². The first-order chi connectivity index (χ1) is 16.5. The van der Waals surface area contributed by atoms with E-state index < -0.39 is 22.8 Å². The van der Waals surface area contributed by atoms with E-state index in [0.29, 0.717) is 33.1 Å². The number of nitrogens with one attached hydrogen (secondary N) is 1. The number of urea groups is 1. The number of amides is 4. The smallest absolute Gasteiger partial charge is 0.318 e. The molecular formula is C25H21ClN4O5. The Labute approximate surface area is 205 Å². The van der Waals surface area contributed by atoms with Gasteiger partial charge >= 0.3 is 6.03 Å². The van der Waals surface area contributed by atoms with Gasteiger partial charge in [0.15, 0.2) is 0 Å². The number of benzene rings is 2. The Morgan fingerprint density at radius 3 is 2.43 bits per heavy atom. The fraction of sp³-hybridized carbons (Fsp3) is 0.160. The molecule has 1 aliphatic heterocycles. The van der Waals surface area contributed by atoms with Crippen LogP contribution in [0.25, 0.3) is 11.8 Å². The van der Waals surface area contributed by atoms with Gasteiger partial charge in [-0.1, -0.05) is 23.7 Å². The minimum Gasteiger partial charge on any atom is -0.318 e. The van der Waals surface area contributed by atoms with Crippen molar-refractivity contribution < 1.29 is 19.3 Å². The first-order valence-electron chi connectivity index (χ1n) is 10.6. The second-order valence-corrected chi connectivity index (χ2v) is 8.64. The fourth-order valence-electron chi connectivity index (χ4n) is 4.13. The molecule has 3 aromatic rings. The Bertz CT molecular complexity index is 1470. The molecule has 0 unspecified atom stereocenters. The number of halogens is 1. The Morgan fingerprint density at radius 1 is 1.03 bits per heavy atom. The molecule has 2 heterocycles. The maximum Gasteiger partial charge on any atom is 0.335 e. The van der Waals surface area contributed by atoms with Crippen molar-refractivity contribution in [2.75, 3.05) is 4.90 Å². The Balaban J connectivity index is 1.80. The van der Waals surface area contributed by atoms with Crippen LogP contribution in [0.2, 0.25) is 5.02 Å². The van der Waals surface area contributed by atoms with Crippen LogP contribution in [0.3, 0.4) is 0 Å². The van der Waals surface area contributed by atoms with Gasteiger partial charge < -0.3 is 4.57 Å². The summed E-state index contributed by atoms with van der Waals surface area (Å²) in [6, 6.07) is 10.6. The molecule has 0 aliphatic carbocycles. The molecule has 0 radical (unpaired) electrons. The predicted molar refractivity (Wildman–Crippen MR) is 132 cm³/mol. The summed E-state index contributed by atoms with van der Waals surface area (Å²) in [5.41, 5.74) is 3.64. The normalized spacial score (nSPS) is 15.1. The maximum absolute atomic E-state index is 13.3. The summed E-state index contributed by atoms with van der Waals surface area (Å²) in [7, 11) is 0. The van der Waals surface area contributed by atoms with Crippen molar-refractivity contribution in [3.63, 3.8) is 0 Å². The number of rotatable bonds is 4. The highest BCUT2D eigenvalue weighted by Crippen LogP contribution is 2.31. The lowest BCUT2D eigenvalue weighted by atomic mass is 10.1. The van der Waals surface area contributed by atoms with E-state index in [1.165, 1.54) is 12.1 Å². The molecule has 1 aliphatic rings. The highest BCUT2D eigenvalue weighted by molar-refractivity contribution is 6.40. The zero-order valence-electron chi connectivity index (χ0n) is 19.4. The quantitative estimate of drug-likeness (QED) is 0.240. The molecule has 1 N–H and O–H groups in total. The van der Waals surface area contributed by atoms with Gasteiger partial charge in [-0.3, -0.25) is 25.0 Å². The van der Waals surface area contributed by atoms with Crippen molar-refractivity contribution in [1.29, 1.82) is 0 Å². The Morgan fingerprint density at radius 2 is 1.74 bits per heavy atom. The monoisotopic (exact) mass is 492 g/mol. The maximum atomic E-state index is 13.3. The van der Waals surface area contributed by atoms with Crippen molar-refractivity contribution >= 4 is 46.9 Å². The average Bonchev–Trinajstić information content (AvgIpc) is 3.07. The SMILES string of the molecule is Cc1ccc(-n2c(C)cc(/C=C3\C(=O)NC(=O)N(c4cccc(Cl)c4C)C3=O)c2C)cc1[N+](=O)[O-]. The van der Waals surface area contributed by atoms with Crippen LogP contribution in [0.4, 0.5) is 16.2 Å². The number of imide groups is 2. The van der Waals surface area contributed by atoms with Gasteiger partial charge in [0.25, 0.3) is 17.5 Å². The summed E-state index contributed by atoms with van der Waals surface area (Å²) in [5, 5.41) is 14.0. The van der Waals surface area contributed by atoms with Crippen molar-refractivity contribution in [1.82, 2.24) is 9.88 Å². The second-order valence-electron chi connectivity index (χ2n) is 8.23. The summed E-state index contributed by atoms with van der Waals surface area (Å²) in [6.45, 7) is 6.93. The minimum atomic E-state index is -0.861. The van der Waals surface area contributed by atoms with E-state index in [9.17, 15) is 24.5 Å². The summed E-state index contributed by atoms with van der Waals surface area (Å²) in [5.74, 6) is -1.59. The lowest BCUT2D eigenvalue weighted by Gasteiger charge is -2.27. The van der Waals surface area contributed by atoms with E-state index in [4.69, 9.17) is 11.6 Å². The molecule has 35 heavy (non-hydrogen) atoms. The molecule has 178 valence electrons. The molecular weight excluding hydrogens is 472 g/mol. The van der Waals surface area contributed by atoms with Crippen molar-refractivity contribution in [3.05, 3.63) is 91.3 Å². The van der Waals surface area contributed by atoms with E-state index >= 15 is 0 Å². The highest BCUT2D eigenvalue weighted by atomic mass is 35.5. The molecule has 0 spiro atoms. The standard InChI is InChI=1S/C25H21ClN4O5/c1-13-8-9-18(12-22(13)30(34)35)28-14(2)10-17(16(28)4)11-19-23(31)27-25(33)29(24(19)32)21-7-5-6-20(26)15(21)3/h5-12H,1-4H3,(H,27,31,33)/b19-11+. The van der Waals surface area contributed by atoms with Gasteiger partial charge in [0.2, 0.25) is 0 Å². The van der Waals surface area contributed by atoms with Gasteiger partial charge in [-0.05, 0) is 69.2 Å². The van der Waals surface area contributed by atoms with Gasteiger partial charge in [0, 0.05) is 28.0 Å². The van der Waals surface area contributed by atoms with Crippen LogP contribution in [-0.2, 0) is 9.59 Å². The fourth-order valence-corrected chi connectivity index (χ4v) is 4.30. The molecule has 4 amide bonds. The largest absolute Gasteiger partial charge is 0.335 e. The average molecular weight is 493 g/mol. The zero-order chi connectivity index (χ0) is 25.6. The van der Waals surface area contributed by atoms with Crippen LogP contribution in [0.1, 0.15) is 28.1 Å². The second kappa shape index (κ2) is 8.84. The van der Waals surface area contributed by atoms with Crippen LogP contribution in [0.5, 0.6) is 0 Å². The number of hydrogen-bond acceptors (Lipinski definition) is 5. The number of aryl methyl sites for hydroxylation is 2. The molecule has 9 nitrogen and oxygen atoms in total. The van der Waals surface area contributed by atoms with E-state index in [2.05, 4.69) is 5.32 Å². The number of hydrogen-bond donors (Lipinski definition) is 1. The van der Waals surface area contributed by atoms with Crippen LogP contribution in [0.15, 0.2) is 48.0 Å². The van der Waals surface area contributed by atoms with E-state index in [1.54, 1.807) is 61.7 Å². The van der Waals surface area contributed by atoms with Crippen LogP contribution in [-0.4, -0.2) is 27.3 Å². The van der Waals surface area contributed by atoms with E-state index in [1.807, 2.05) is 6.92 Å². The topological polar surface area (TPSA) is 115 Å². The van der Waals surface area contributed by atoms with Crippen LogP contribution < -0.4 is 10.2 Å². The number of aromatic nitrogens is 1. The molecule has 1 aromatic heterocycles.